The molecule has 0 saturated heterocycles. The van der Waals surface area contributed by atoms with Crippen LogP contribution in [0.15, 0.2) is 63.2 Å². The van der Waals surface area contributed by atoms with Gasteiger partial charge in [0, 0.05) is 17.5 Å². The van der Waals surface area contributed by atoms with Gasteiger partial charge in [-0.3, -0.25) is 0 Å². The minimum absolute atomic E-state index is 0.0295. The van der Waals surface area contributed by atoms with Gasteiger partial charge in [-0.15, -0.1) is 0 Å². The van der Waals surface area contributed by atoms with Gasteiger partial charge in [-0.1, -0.05) is 16.9 Å². The van der Waals surface area contributed by atoms with Gasteiger partial charge in [-0.25, -0.2) is 4.98 Å². The highest BCUT2D eigenvalue weighted by molar-refractivity contribution is 8.76. The molecule has 1 aliphatic carbocycles. The minimum Gasteiger partial charge on any atom is -0.431 e. The Morgan fingerprint density at radius 1 is 1.30 bits per heavy atom. The molecule has 0 bridgehead atoms. The Hall–Kier alpha value is -2.34. The van der Waals surface area contributed by atoms with Crippen molar-refractivity contribution in [2.24, 2.45) is 10.3 Å². The van der Waals surface area contributed by atoms with E-state index in [1.54, 1.807) is 6.20 Å². The number of halogens is 3. The van der Waals surface area contributed by atoms with Crippen molar-refractivity contribution in [2.45, 2.75) is 17.6 Å². The summed E-state index contributed by atoms with van der Waals surface area (Å²) >= 11 is 0. The standard InChI is InChI=1S/C15H12F3N4O3S2/c16-15(17,18)10-4-5-11-12(9-10)22(21-20-11)25-14(23)24-7-8-26-27-13-3-1-2-6-19-13/h1-6H,7-9H2/q+1. The number of alkyl halides is 3. The van der Waals surface area contributed by atoms with Gasteiger partial charge in [0.25, 0.3) is 5.70 Å². The lowest BCUT2D eigenvalue weighted by Crippen LogP contribution is -2.24. The van der Waals surface area contributed by atoms with Crippen molar-refractivity contribution in [1.82, 2.24) is 4.98 Å². The number of allylic oxidation sites excluding steroid dienone is 4. The second kappa shape index (κ2) is 8.57. The summed E-state index contributed by atoms with van der Waals surface area (Å²) in [5.74, 6) is 0.473. The zero-order valence-electron chi connectivity index (χ0n) is 13.5. The first-order chi connectivity index (χ1) is 12.9. The van der Waals surface area contributed by atoms with E-state index in [1.807, 2.05) is 18.2 Å². The number of aromatic nitrogens is 1. The summed E-state index contributed by atoms with van der Waals surface area (Å²) < 4.78 is 43.3. The first-order valence-electron chi connectivity index (χ1n) is 7.55. The molecule has 0 aromatic carbocycles. The molecule has 0 N–H and O–H groups in total. The fourth-order valence-corrected chi connectivity index (χ4v) is 3.73. The van der Waals surface area contributed by atoms with Crippen LogP contribution in [0.1, 0.15) is 6.42 Å². The zero-order chi connectivity index (χ0) is 19.3. The Morgan fingerprint density at radius 2 is 2.15 bits per heavy atom. The van der Waals surface area contributed by atoms with E-state index in [0.29, 0.717) is 10.6 Å². The van der Waals surface area contributed by atoms with Crippen LogP contribution in [-0.2, 0) is 9.57 Å². The molecule has 1 aromatic heterocycles. The number of rotatable bonds is 6. The normalized spacial score (nSPS) is 16.0. The van der Waals surface area contributed by atoms with Crippen LogP contribution in [0.25, 0.3) is 0 Å². The Morgan fingerprint density at radius 3 is 2.89 bits per heavy atom. The lowest BCUT2D eigenvalue weighted by molar-refractivity contribution is -0.769. The van der Waals surface area contributed by atoms with E-state index in [-0.39, 0.29) is 18.0 Å². The van der Waals surface area contributed by atoms with Gasteiger partial charge < -0.3 is 4.74 Å². The molecule has 0 amide bonds. The van der Waals surface area contributed by atoms with Gasteiger partial charge in [0.1, 0.15) is 11.6 Å². The number of carbonyl (C=O) groups excluding carboxylic acids is 1. The highest BCUT2D eigenvalue weighted by Gasteiger charge is 2.42. The van der Waals surface area contributed by atoms with Crippen LogP contribution in [0.4, 0.5) is 18.0 Å². The van der Waals surface area contributed by atoms with E-state index in [2.05, 4.69) is 15.3 Å². The third-order valence-electron chi connectivity index (χ3n) is 3.25. The molecule has 0 spiro atoms. The quantitative estimate of drug-likeness (QED) is 0.223. The van der Waals surface area contributed by atoms with E-state index < -0.39 is 24.3 Å². The molecule has 0 atom stereocenters. The number of ether oxygens (including phenoxy) is 1. The Kier molecular flexibility index (Phi) is 6.16. The molecule has 142 valence electrons. The van der Waals surface area contributed by atoms with Crippen molar-refractivity contribution in [1.29, 1.82) is 0 Å². The van der Waals surface area contributed by atoms with E-state index >= 15 is 0 Å². The molecular formula is C15H12F3N4O3S2+. The molecule has 0 saturated carbocycles. The molecule has 2 heterocycles. The predicted molar refractivity (Wildman–Crippen MR) is 91.9 cm³/mol. The second-order valence-corrected chi connectivity index (χ2v) is 7.53. The van der Waals surface area contributed by atoms with Gasteiger partial charge in [0.05, 0.1) is 16.4 Å². The molecular weight excluding hydrogens is 405 g/mol. The fraction of sp³-hybridized carbons (Fsp3) is 0.267. The third kappa shape index (κ3) is 5.32. The number of hydrogen-bond donors (Lipinski definition) is 0. The molecule has 12 heteroatoms. The summed E-state index contributed by atoms with van der Waals surface area (Å²) in [6, 6.07) is 5.52. The monoisotopic (exact) mass is 417 g/mol. The van der Waals surface area contributed by atoms with E-state index in [0.717, 1.165) is 11.1 Å². The number of carbonyl (C=O) groups is 1. The average molecular weight is 417 g/mol. The van der Waals surface area contributed by atoms with Crippen molar-refractivity contribution in [3.8, 4) is 0 Å². The maximum atomic E-state index is 12.8. The summed E-state index contributed by atoms with van der Waals surface area (Å²) in [4.78, 5) is 21.3. The summed E-state index contributed by atoms with van der Waals surface area (Å²) in [6.45, 7) is 0.0556. The van der Waals surface area contributed by atoms with Crippen LogP contribution in [0.3, 0.4) is 0 Å². The van der Waals surface area contributed by atoms with E-state index in [4.69, 9.17) is 9.57 Å². The molecule has 0 radical (unpaired) electrons. The maximum absolute atomic E-state index is 12.8. The molecule has 1 aliphatic heterocycles. The minimum atomic E-state index is -4.48. The fourth-order valence-electron chi connectivity index (χ4n) is 2.03. The molecule has 0 unspecified atom stereocenters. The first-order valence-corrected chi connectivity index (χ1v) is 9.86. The molecule has 7 nitrogen and oxygen atoms in total. The second-order valence-electron chi connectivity index (χ2n) is 5.09. The van der Waals surface area contributed by atoms with Crippen molar-refractivity contribution >= 4 is 33.5 Å². The van der Waals surface area contributed by atoms with Crippen LogP contribution < -0.4 is 0 Å². The molecule has 3 rings (SSSR count). The lowest BCUT2D eigenvalue weighted by atomic mass is 10.0. The zero-order valence-corrected chi connectivity index (χ0v) is 15.2. The molecule has 1 aromatic rings. The summed E-state index contributed by atoms with van der Waals surface area (Å²) in [6.07, 6.45) is -2.28. The average Bonchev–Trinajstić information content (AvgIpc) is 3.04. The predicted octanol–water partition coefficient (Wildman–Crippen LogP) is 4.50. The Balaban J connectivity index is 1.45. The van der Waals surface area contributed by atoms with Gasteiger partial charge in [0.2, 0.25) is 5.71 Å². The van der Waals surface area contributed by atoms with Crippen molar-refractivity contribution in [3.63, 3.8) is 0 Å². The number of fused-ring (bicyclic) bond motifs is 1. The van der Waals surface area contributed by atoms with Crippen LogP contribution in [0.5, 0.6) is 0 Å². The van der Waals surface area contributed by atoms with Gasteiger partial charge in [-0.2, -0.15) is 22.8 Å². The first kappa shape index (κ1) is 19.4. The van der Waals surface area contributed by atoms with Gasteiger partial charge in [-0.05, 0) is 35.1 Å². The van der Waals surface area contributed by atoms with Crippen LogP contribution in [0.2, 0.25) is 0 Å². The number of pyridine rings is 1. The van der Waals surface area contributed by atoms with Crippen molar-refractivity contribution in [2.75, 3.05) is 12.4 Å². The van der Waals surface area contributed by atoms with Crippen molar-refractivity contribution in [3.05, 3.63) is 47.8 Å². The van der Waals surface area contributed by atoms with Crippen molar-refractivity contribution < 1.29 is 32.4 Å². The smallest absolute Gasteiger partial charge is 0.431 e. The molecule has 0 fully saturated rings. The Labute approximate surface area is 159 Å². The SMILES string of the molecule is O=C(OCCSSc1ccccn1)O[N+]1=C2CC(C(F)(F)F)=CC=C2N=N1. The van der Waals surface area contributed by atoms with Gasteiger partial charge in [0.15, 0.2) is 5.22 Å². The summed E-state index contributed by atoms with van der Waals surface area (Å²) in [5.41, 5.74) is -0.543. The number of hydrogen-bond acceptors (Lipinski definition) is 8. The van der Waals surface area contributed by atoms with Crippen LogP contribution in [0, 0.1) is 0 Å². The van der Waals surface area contributed by atoms with Gasteiger partial charge >= 0.3 is 12.3 Å². The topological polar surface area (TPSA) is 76.2 Å². The third-order valence-corrected chi connectivity index (χ3v) is 5.48. The van der Waals surface area contributed by atoms with Crippen LogP contribution >= 0.6 is 21.6 Å². The summed E-state index contributed by atoms with van der Waals surface area (Å²) in [7, 11) is 2.86. The highest BCUT2D eigenvalue weighted by atomic mass is 33.1. The van der Waals surface area contributed by atoms with E-state index in [1.165, 1.54) is 27.7 Å². The molecule has 27 heavy (non-hydrogen) atoms. The maximum Gasteiger partial charge on any atom is 0.553 e. The van der Waals surface area contributed by atoms with E-state index in [9.17, 15) is 18.0 Å². The lowest BCUT2D eigenvalue weighted by Gasteiger charge is -2.12. The summed E-state index contributed by atoms with van der Waals surface area (Å²) in [5, 5.41) is 8.02. The number of nitrogens with zero attached hydrogens (tertiary/aromatic N) is 4. The van der Waals surface area contributed by atoms with Crippen LogP contribution in [-0.4, -0.2) is 40.2 Å². The highest BCUT2D eigenvalue weighted by Crippen LogP contribution is 2.33. The Bertz CT molecular complexity index is 838. The molecule has 2 aliphatic rings. The largest absolute Gasteiger partial charge is 0.553 e.